The normalized spacial score (nSPS) is 10.9. The molecule has 0 atom stereocenters. The summed E-state index contributed by atoms with van der Waals surface area (Å²) in [7, 11) is 11.9. The Morgan fingerprint density at radius 2 is 1.61 bits per heavy atom. The first-order valence-corrected chi connectivity index (χ1v) is 10.9. The molecule has 0 saturated carbocycles. The van der Waals surface area contributed by atoms with E-state index in [-0.39, 0.29) is 0 Å². The van der Waals surface area contributed by atoms with Crippen molar-refractivity contribution in [1.82, 2.24) is 0 Å². The van der Waals surface area contributed by atoms with Crippen LogP contribution in [0.4, 0.5) is 5.69 Å². The summed E-state index contributed by atoms with van der Waals surface area (Å²) in [5, 5.41) is 3.38. The van der Waals surface area contributed by atoms with E-state index < -0.39 is 13.5 Å². The molecule has 18 heavy (non-hydrogen) atoms. The fraction of sp³-hybridized carbons (Fsp3) is 0.0714. The van der Waals surface area contributed by atoms with Crippen molar-refractivity contribution < 1.29 is 13.5 Å². The van der Waals surface area contributed by atoms with Gasteiger partial charge in [0.15, 0.2) is 0 Å². The fourth-order valence-electron chi connectivity index (χ4n) is 1.63. The number of para-hydroxylation sites is 1. The number of nitrogens with one attached hydrogen (secondary N) is 1. The molecule has 1 nitrogen and oxygen atoms in total. The zero-order valence-corrected chi connectivity index (χ0v) is 12.8. The molecular formula is C14H13Cl2NRu. The second-order valence-corrected chi connectivity index (χ2v) is 9.45. The van der Waals surface area contributed by atoms with E-state index in [0.29, 0.717) is 0 Å². The molecule has 2 aromatic rings. The van der Waals surface area contributed by atoms with Crippen LogP contribution >= 0.6 is 19.4 Å². The van der Waals surface area contributed by atoms with E-state index in [0.717, 1.165) is 17.8 Å². The third-order valence-corrected chi connectivity index (χ3v) is 4.33. The van der Waals surface area contributed by atoms with Crippen molar-refractivity contribution in [3.8, 4) is 0 Å². The number of hydrogen-bond donors (Lipinski definition) is 1. The molecule has 0 spiro atoms. The summed E-state index contributed by atoms with van der Waals surface area (Å²) in [6, 6.07) is 18.3. The van der Waals surface area contributed by atoms with Crippen LogP contribution in [0.1, 0.15) is 11.1 Å². The summed E-state index contributed by atoms with van der Waals surface area (Å²) in [5.74, 6) is 0. The topological polar surface area (TPSA) is 12.0 Å². The molecule has 0 aromatic heterocycles. The monoisotopic (exact) mass is 367 g/mol. The maximum absolute atomic E-state index is 5.93. The summed E-state index contributed by atoms with van der Waals surface area (Å²) >= 11 is -1.77. The van der Waals surface area contributed by atoms with E-state index in [2.05, 4.69) is 11.4 Å². The predicted octanol–water partition coefficient (Wildman–Crippen LogP) is 4.37. The Balaban J connectivity index is 2.12. The van der Waals surface area contributed by atoms with Gasteiger partial charge in [-0.15, -0.1) is 0 Å². The molecule has 0 saturated heterocycles. The molecule has 0 heterocycles. The Bertz CT molecular complexity index is 537. The van der Waals surface area contributed by atoms with Crippen LogP contribution in [0.15, 0.2) is 54.6 Å². The van der Waals surface area contributed by atoms with Gasteiger partial charge >= 0.3 is 121 Å². The second-order valence-electron chi connectivity index (χ2n) is 3.73. The Morgan fingerprint density at radius 1 is 0.944 bits per heavy atom. The molecule has 0 radical (unpaired) electrons. The van der Waals surface area contributed by atoms with Crippen molar-refractivity contribution in [2.75, 3.05) is 5.32 Å². The Morgan fingerprint density at radius 3 is 2.33 bits per heavy atom. The zero-order chi connectivity index (χ0) is 12.8. The summed E-state index contributed by atoms with van der Waals surface area (Å²) in [6.07, 6.45) is 0. The van der Waals surface area contributed by atoms with Crippen molar-refractivity contribution in [2.24, 2.45) is 0 Å². The number of anilines is 1. The van der Waals surface area contributed by atoms with Gasteiger partial charge in [0.2, 0.25) is 0 Å². The van der Waals surface area contributed by atoms with Crippen LogP contribution in [0.2, 0.25) is 0 Å². The SMILES string of the molecule is [Cl][Ru]([Cl])=[CH]c1ccccc1CNc1ccccc1. The van der Waals surface area contributed by atoms with Gasteiger partial charge in [-0.2, -0.15) is 0 Å². The average Bonchev–Trinajstić information content (AvgIpc) is 2.38. The molecule has 0 aliphatic carbocycles. The fourth-order valence-corrected chi connectivity index (χ4v) is 3.51. The third-order valence-electron chi connectivity index (χ3n) is 2.50. The standard InChI is InChI=1S/C14H13N.2ClH.Ru/c1-12-7-5-6-8-13(12)11-15-14-9-3-2-4-10-14;;;/h1-10,15H,11H2;2*1H;/q;;;+2/p-2. The van der Waals surface area contributed by atoms with Gasteiger partial charge in [0, 0.05) is 0 Å². The quantitative estimate of drug-likeness (QED) is 0.792. The van der Waals surface area contributed by atoms with Gasteiger partial charge in [-0.25, -0.2) is 0 Å². The number of benzene rings is 2. The van der Waals surface area contributed by atoms with Crippen LogP contribution in [0.25, 0.3) is 0 Å². The summed E-state index contributed by atoms with van der Waals surface area (Å²) in [6.45, 7) is 0.770. The molecule has 0 bridgehead atoms. The molecule has 0 fully saturated rings. The van der Waals surface area contributed by atoms with Crippen molar-refractivity contribution in [1.29, 1.82) is 0 Å². The average molecular weight is 367 g/mol. The van der Waals surface area contributed by atoms with E-state index in [1.165, 1.54) is 5.56 Å². The predicted molar refractivity (Wildman–Crippen MR) is 77.1 cm³/mol. The van der Waals surface area contributed by atoms with Crippen LogP contribution < -0.4 is 5.32 Å². The van der Waals surface area contributed by atoms with Crippen LogP contribution in [0.5, 0.6) is 0 Å². The summed E-state index contributed by atoms with van der Waals surface area (Å²) in [5.41, 5.74) is 3.45. The van der Waals surface area contributed by atoms with E-state index >= 15 is 0 Å². The van der Waals surface area contributed by atoms with E-state index in [9.17, 15) is 0 Å². The van der Waals surface area contributed by atoms with Gasteiger partial charge in [-0.1, -0.05) is 0 Å². The van der Waals surface area contributed by atoms with Gasteiger partial charge < -0.3 is 0 Å². The zero-order valence-electron chi connectivity index (χ0n) is 9.59. The molecule has 0 aliphatic heterocycles. The summed E-state index contributed by atoms with van der Waals surface area (Å²) < 4.78 is 1.98. The van der Waals surface area contributed by atoms with Gasteiger partial charge in [0.25, 0.3) is 0 Å². The van der Waals surface area contributed by atoms with Crippen molar-refractivity contribution in [3.05, 3.63) is 65.7 Å². The van der Waals surface area contributed by atoms with Crippen molar-refractivity contribution in [3.63, 3.8) is 0 Å². The molecule has 0 unspecified atom stereocenters. The van der Waals surface area contributed by atoms with Gasteiger partial charge in [-0.05, 0) is 0 Å². The number of hydrogen-bond acceptors (Lipinski definition) is 1. The van der Waals surface area contributed by atoms with Crippen LogP contribution in [0.3, 0.4) is 0 Å². The number of rotatable bonds is 4. The molecule has 96 valence electrons. The maximum atomic E-state index is 5.93. The molecule has 2 aromatic carbocycles. The van der Waals surface area contributed by atoms with E-state index in [1.807, 2.05) is 53.1 Å². The first-order chi connectivity index (χ1) is 8.75. The Hall–Kier alpha value is -0.687. The van der Waals surface area contributed by atoms with Crippen molar-refractivity contribution >= 4 is 29.7 Å². The third kappa shape index (κ3) is 4.21. The molecule has 0 aliphatic rings. The molecule has 2 rings (SSSR count). The molecule has 1 N–H and O–H groups in total. The van der Waals surface area contributed by atoms with E-state index in [4.69, 9.17) is 19.4 Å². The van der Waals surface area contributed by atoms with Crippen LogP contribution in [-0.4, -0.2) is 4.61 Å². The van der Waals surface area contributed by atoms with Crippen LogP contribution in [0, 0.1) is 0 Å². The molecular weight excluding hydrogens is 354 g/mol. The Labute approximate surface area is 120 Å². The van der Waals surface area contributed by atoms with E-state index in [1.54, 1.807) is 0 Å². The minimum atomic E-state index is -1.77. The second kappa shape index (κ2) is 7.04. The molecule has 0 amide bonds. The summed E-state index contributed by atoms with van der Waals surface area (Å²) in [4.78, 5) is 0. The first-order valence-electron chi connectivity index (χ1n) is 5.46. The van der Waals surface area contributed by atoms with Gasteiger partial charge in [0.1, 0.15) is 0 Å². The van der Waals surface area contributed by atoms with Crippen molar-refractivity contribution in [2.45, 2.75) is 6.54 Å². The number of halogens is 2. The first kappa shape index (κ1) is 13.7. The van der Waals surface area contributed by atoms with Gasteiger partial charge in [0.05, 0.1) is 0 Å². The Kier molecular flexibility index (Phi) is 5.37. The van der Waals surface area contributed by atoms with Crippen LogP contribution in [-0.2, 0) is 20.1 Å². The molecule has 4 heteroatoms. The van der Waals surface area contributed by atoms with Gasteiger partial charge in [-0.3, -0.25) is 0 Å². The minimum absolute atomic E-state index is 0.770.